The van der Waals surface area contributed by atoms with E-state index in [9.17, 15) is 14.4 Å². The number of methoxy groups -OCH3 is 1. The molecule has 1 aliphatic heterocycles. The van der Waals surface area contributed by atoms with Gasteiger partial charge in [0.2, 0.25) is 0 Å². The molecule has 1 saturated heterocycles. The van der Waals surface area contributed by atoms with E-state index in [1.807, 2.05) is 66.7 Å². The highest BCUT2D eigenvalue weighted by molar-refractivity contribution is 8.18. The molecule has 1 heterocycles. The van der Waals surface area contributed by atoms with Crippen molar-refractivity contribution < 1.29 is 23.9 Å². The van der Waals surface area contributed by atoms with Gasteiger partial charge in [0.05, 0.1) is 12.0 Å². The number of carbonyl (C=O) groups is 3. The third-order valence-electron chi connectivity index (χ3n) is 5.28. The zero-order valence-corrected chi connectivity index (χ0v) is 19.9. The fourth-order valence-corrected chi connectivity index (χ4v) is 4.29. The Kier molecular flexibility index (Phi) is 7.84. The van der Waals surface area contributed by atoms with E-state index in [2.05, 4.69) is 5.32 Å². The average Bonchev–Trinajstić information content (AvgIpc) is 3.16. The van der Waals surface area contributed by atoms with Gasteiger partial charge < -0.3 is 14.8 Å². The lowest BCUT2D eigenvalue weighted by Crippen LogP contribution is -2.38. The summed E-state index contributed by atoms with van der Waals surface area (Å²) in [7, 11) is 1.58. The fourth-order valence-electron chi connectivity index (χ4n) is 3.43. The van der Waals surface area contributed by atoms with E-state index >= 15 is 0 Å². The van der Waals surface area contributed by atoms with Crippen molar-refractivity contribution in [2.24, 2.45) is 0 Å². The Balaban J connectivity index is 1.22. The van der Waals surface area contributed by atoms with Gasteiger partial charge in [-0.05, 0) is 58.8 Å². The lowest BCUT2D eigenvalue weighted by Gasteiger charge is -2.13. The smallest absolute Gasteiger partial charge is 0.293 e. The summed E-state index contributed by atoms with van der Waals surface area (Å²) < 4.78 is 10.7. The van der Waals surface area contributed by atoms with Crippen LogP contribution in [0.1, 0.15) is 5.56 Å². The molecule has 0 aliphatic carbocycles. The summed E-state index contributed by atoms with van der Waals surface area (Å²) in [6.45, 7) is 0.0646. The Labute approximate surface area is 207 Å². The minimum atomic E-state index is -0.375. The first-order chi connectivity index (χ1) is 17.0. The number of hydrogen-bond acceptors (Lipinski definition) is 6. The lowest BCUT2D eigenvalue weighted by atomic mass is 10.1. The third kappa shape index (κ3) is 6.30. The average molecular weight is 489 g/mol. The van der Waals surface area contributed by atoms with E-state index in [1.165, 1.54) is 0 Å². The van der Waals surface area contributed by atoms with Crippen LogP contribution in [-0.4, -0.2) is 48.8 Å². The summed E-state index contributed by atoms with van der Waals surface area (Å²) >= 11 is 0.882. The Hall–Kier alpha value is -4.04. The normalized spacial score (nSPS) is 14.3. The maximum atomic E-state index is 12.6. The maximum Gasteiger partial charge on any atom is 0.293 e. The van der Waals surface area contributed by atoms with Crippen molar-refractivity contribution in [2.45, 2.75) is 0 Å². The van der Waals surface area contributed by atoms with E-state index in [1.54, 1.807) is 25.3 Å². The molecule has 3 aromatic carbocycles. The van der Waals surface area contributed by atoms with Crippen LogP contribution in [0.4, 0.5) is 4.79 Å². The van der Waals surface area contributed by atoms with E-state index < -0.39 is 0 Å². The van der Waals surface area contributed by atoms with Crippen LogP contribution in [0.25, 0.3) is 17.2 Å². The molecule has 0 atom stereocenters. The molecule has 0 bridgehead atoms. The number of hydrogen-bond donors (Lipinski definition) is 1. The second kappa shape index (κ2) is 11.4. The molecule has 35 heavy (non-hydrogen) atoms. The topological polar surface area (TPSA) is 84.9 Å². The number of carbonyl (C=O) groups excluding carboxylic acids is 3. The van der Waals surface area contributed by atoms with Crippen molar-refractivity contribution in [3.63, 3.8) is 0 Å². The van der Waals surface area contributed by atoms with E-state index in [0.717, 1.165) is 33.4 Å². The molecule has 4 rings (SSSR count). The fraction of sp³-hybridized carbons (Fsp3) is 0.148. The van der Waals surface area contributed by atoms with E-state index in [4.69, 9.17) is 9.47 Å². The van der Waals surface area contributed by atoms with Gasteiger partial charge in [0.15, 0.2) is 6.61 Å². The molecule has 0 spiro atoms. The molecule has 3 aromatic rings. The number of benzene rings is 3. The van der Waals surface area contributed by atoms with Crippen LogP contribution in [-0.2, 0) is 9.59 Å². The van der Waals surface area contributed by atoms with Crippen LogP contribution >= 0.6 is 11.8 Å². The second-order valence-corrected chi connectivity index (χ2v) is 8.63. The van der Waals surface area contributed by atoms with Crippen molar-refractivity contribution in [3.8, 4) is 22.6 Å². The van der Waals surface area contributed by atoms with E-state index in [-0.39, 0.29) is 36.7 Å². The molecule has 1 N–H and O–H groups in total. The number of imide groups is 1. The quantitative estimate of drug-likeness (QED) is 0.444. The number of ether oxygens (including phenoxy) is 2. The van der Waals surface area contributed by atoms with Crippen LogP contribution in [0.15, 0.2) is 83.8 Å². The summed E-state index contributed by atoms with van der Waals surface area (Å²) in [6.07, 6.45) is 1.67. The summed E-state index contributed by atoms with van der Waals surface area (Å²) in [6, 6.07) is 24.6. The first-order valence-electron chi connectivity index (χ1n) is 11.0. The standard InChI is InChI=1S/C27H24N2O5S/c1-33-22-11-7-19(8-12-22)17-24-26(31)29(27(32)35-24)16-15-28-25(30)18-34-23-13-9-21(10-14-23)20-5-3-2-4-6-20/h2-14,17H,15-16,18H2,1H3,(H,28,30). The van der Waals surface area contributed by atoms with Crippen LogP contribution < -0.4 is 14.8 Å². The molecule has 1 fully saturated rings. The van der Waals surface area contributed by atoms with Crippen molar-refractivity contribution >= 4 is 34.9 Å². The molecule has 8 heteroatoms. The number of nitrogens with one attached hydrogen (secondary N) is 1. The van der Waals surface area contributed by atoms with Gasteiger partial charge in [0.25, 0.3) is 17.1 Å². The number of thioether (sulfide) groups is 1. The van der Waals surface area contributed by atoms with Crippen LogP contribution in [0.2, 0.25) is 0 Å². The summed E-state index contributed by atoms with van der Waals surface area (Å²) in [4.78, 5) is 38.5. The number of nitrogens with zero attached hydrogens (tertiary/aromatic N) is 1. The molecule has 0 radical (unpaired) electrons. The molecule has 0 aromatic heterocycles. The van der Waals surface area contributed by atoms with Gasteiger partial charge in [-0.25, -0.2) is 0 Å². The minimum Gasteiger partial charge on any atom is -0.497 e. The monoisotopic (exact) mass is 488 g/mol. The molecule has 1 aliphatic rings. The van der Waals surface area contributed by atoms with Gasteiger partial charge in [-0.1, -0.05) is 54.6 Å². The Morgan fingerprint density at radius 1 is 0.914 bits per heavy atom. The first-order valence-corrected chi connectivity index (χ1v) is 11.8. The number of amides is 3. The van der Waals surface area contributed by atoms with Gasteiger partial charge in [-0.3, -0.25) is 19.3 Å². The molecule has 0 saturated carbocycles. The van der Waals surface area contributed by atoms with Crippen molar-refractivity contribution in [1.29, 1.82) is 0 Å². The highest BCUT2D eigenvalue weighted by atomic mass is 32.2. The largest absolute Gasteiger partial charge is 0.497 e. The summed E-state index contributed by atoms with van der Waals surface area (Å²) in [5.41, 5.74) is 2.95. The maximum absolute atomic E-state index is 12.6. The molecular weight excluding hydrogens is 464 g/mol. The molecule has 178 valence electrons. The predicted molar refractivity (Wildman–Crippen MR) is 136 cm³/mol. The third-order valence-corrected chi connectivity index (χ3v) is 6.18. The van der Waals surface area contributed by atoms with Gasteiger partial charge in [0, 0.05) is 13.1 Å². The van der Waals surface area contributed by atoms with Gasteiger partial charge >= 0.3 is 0 Å². The van der Waals surface area contributed by atoms with Gasteiger partial charge in [0.1, 0.15) is 11.5 Å². The highest BCUT2D eigenvalue weighted by Crippen LogP contribution is 2.32. The molecule has 7 nitrogen and oxygen atoms in total. The Morgan fingerprint density at radius 3 is 2.26 bits per heavy atom. The first kappa shape index (κ1) is 24.1. The minimum absolute atomic E-state index is 0.0854. The van der Waals surface area contributed by atoms with Crippen molar-refractivity contribution in [2.75, 3.05) is 26.8 Å². The SMILES string of the molecule is COc1ccc(C=C2SC(=O)N(CCNC(=O)COc3ccc(-c4ccccc4)cc3)C2=O)cc1. The van der Waals surface area contributed by atoms with Crippen molar-refractivity contribution in [1.82, 2.24) is 10.2 Å². The zero-order valence-electron chi connectivity index (χ0n) is 19.1. The van der Waals surface area contributed by atoms with E-state index in [0.29, 0.717) is 16.4 Å². The molecule has 0 unspecified atom stereocenters. The molecular formula is C27H24N2O5S. The summed E-state index contributed by atoms with van der Waals surface area (Å²) in [5, 5.41) is 2.32. The Bertz CT molecular complexity index is 1220. The number of rotatable bonds is 9. The predicted octanol–water partition coefficient (Wildman–Crippen LogP) is 4.59. The van der Waals surface area contributed by atoms with Crippen LogP contribution in [0.3, 0.4) is 0 Å². The second-order valence-electron chi connectivity index (χ2n) is 7.64. The lowest BCUT2D eigenvalue weighted by molar-refractivity contribution is -0.125. The Morgan fingerprint density at radius 2 is 1.57 bits per heavy atom. The van der Waals surface area contributed by atoms with Crippen LogP contribution in [0, 0.1) is 0 Å². The van der Waals surface area contributed by atoms with Crippen molar-refractivity contribution in [3.05, 3.63) is 89.3 Å². The summed E-state index contributed by atoms with van der Waals surface area (Å²) in [5.74, 6) is 0.575. The molecule has 3 amide bonds. The highest BCUT2D eigenvalue weighted by Gasteiger charge is 2.34. The van der Waals surface area contributed by atoms with Crippen LogP contribution in [0.5, 0.6) is 11.5 Å². The zero-order chi connectivity index (χ0) is 24.6. The van der Waals surface area contributed by atoms with Gasteiger partial charge in [-0.15, -0.1) is 0 Å². The van der Waals surface area contributed by atoms with Gasteiger partial charge in [-0.2, -0.15) is 0 Å².